The molecule has 0 aromatic heterocycles. The molecule has 2 aliphatic carbocycles. The summed E-state index contributed by atoms with van der Waals surface area (Å²) in [5.74, 6) is -3.53. The number of allylic oxidation sites excluding steroid dienone is 2. The van der Waals surface area contributed by atoms with Gasteiger partial charge in [0.15, 0.2) is 0 Å². The molecule has 2 N–H and O–H groups in total. The fraction of sp³-hybridized carbons (Fsp3) is 0.556. The molecule has 5 heteroatoms. The molecule has 0 aromatic rings. The molecule has 0 heterocycles. The summed E-state index contributed by atoms with van der Waals surface area (Å²) in [5, 5.41) is 17.7. The van der Waals surface area contributed by atoms with Crippen LogP contribution >= 0.6 is 0 Å². The minimum absolute atomic E-state index is 0. The molecular weight excluding hydrogens is 195 g/mol. The van der Waals surface area contributed by atoms with Crippen molar-refractivity contribution >= 4 is 41.5 Å². The predicted octanol–water partition coefficient (Wildman–Crippen LogP) is 0.213. The van der Waals surface area contributed by atoms with E-state index < -0.39 is 23.8 Å². The molecule has 1 saturated carbocycles. The molecule has 2 aliphatic rings. The Balaban J connectivity index is 0.000000980. The van der Waals surface area contributed by atoms with Gasteiger partial charge in [0.2, 0.25) is 0 Å². The molecule has 4 unspecified atom stereocenters. The molecule has 0 saturated heterocycles. The topological polar surface area (TPSA) is 74.6 Å². The van der Waals surface area contributed by atoms with Gasteiger partial charge in [-0.15, -0.1) is 0 Å². The van der Waals surface area contributed by atoms with E-state index in [0.717, 1.165) is 0 Å². The Morgan fingerprint density at radius 1 is 1.00 bits per heavy atom. The van der Waals surface area contributed by atoms with Crippen molar-refractivity contribution in [2.24, 2.45) is 23.7 Å². The van der Waals surface area contributed by atoms with Crippen molar-refractivity contribution in [2.45, 2.75) is 6.42 Å². The van der Waals surface area contributed by atoms with Gasteiger partial charge < -0.3 is 10.2 Å². The van der Waals surface area contributed by atoms with Crippen molar-refractivity contribution in [3.05, 3.63) is 12.2 Å². The van der Waals surface area contributed by atoms with E-state index in [2.05, 4.69) is 0 Å². The van der Waals surface area contributed by atoms with E-state index in [-0.39, 0.29) is 41.4 Å². The molecule has 4 atom stereocenters. The average molecular weight is 205 g/mol. The molecular formula is C9H10NaO4. The van der Waals surface area contributed by atoms with Gasteiger partial charge >= 0.3 is 11.9 Å². The molecule has 2 bridgehead atoms. The number of carboxylic acid groups (broad SMARTS) is 2. The molecule has 1 radical (unpaired) electrons. The number of aliphatic carboxylic acids is 2. The van der Waals surface area contributed by atoms with Crippen molar-refractivity contribution in [1.82, 2.24) is 0 Å². The maximum Gasteiger partial charge on any atom is 0.307 e. The zero-order valence-corrected chi connectivity index (χ0v) is 9.88. The maximum atomic E-state index is 10.8. The minimum Gasteiger partial charge on any atom is -0.481 e. The molecule has 14 heavy (non-hydrogen) atoms. The monoisotopic (exact) mass is 205 g/mol. The van der Waals surface area contributed by atoms with Crippen LogP contribution < -0.4 is 0 Å². The Hall–Kier alpha value is -0.320. The summed E-state index contributed by atoms with van der Waals surface area (Å²) in [7, 11) is 0. The zero-order chi connectivity index (χ0) is 9.59. The first kappa shape index (κ1) is 11.8. The second-order valence-corrected chi connectivity index (χ2v) is 3.68. The molecule has 0 spiro atoms. The Kier molecular flexibility index (Phi) is 3.40. The van der Waals surface area contributed by atoms with Crippen LogP contribution in [0.4, 0.5) is 0 Å². The third-order valence-electron chi connectivity index (χ3n) is 3.03. The zero-order valence-electron chi connectivity index (χ0n) is 7.88. The number of rotatable bonds is 2. The van der Waals surface area contributed by atoms with Gasteiger partial charge in [0, 0.05) is 29.6 Å². The first-order valence-electron chi connectivity index (χ1n) is 4.25. The van der Waals surface area contributed by atoms with Crippen molar-refractivity contribution in [1.29, 1.82) is 0 Å². The van der Waals surface area contributed by atoms with E-state index >= 15 is 0 Å². The van der Waals surface area contributed by atoms with Gasteiger partial charge in [-0.2, -0.15) is 0 Å². The number of fused-ring (bicyclic) bond motifs is 2. The van der Waals surface area contributed by atoms with Crippen LogP contribution in [0.15, 0.2) is 12.2 Å². The predicted molar refractivity (Wildman–Crippen MR) is 48.7 cm³/mol. The average Bonchev–Trinajstić information content (AvgIpc) is 2.60. The standard InChI is InChI=1S/C9H10O4.Na/c10-8(11)6-4-1-2-5(3-4)7(6)9(12)13;/h1-2,4-7H,3H2,(H,10,11)(H,12,13);. The van der Waals surface area contributed by atoms with E-state index in [9.17, 15) is 9.59 Å². The SMILES string of the molecule is O=C(O)C1C2C=CC(C2)C1C(=O)O.[Na]. The smallest absolute Gasteiger partial charge is 0.307 e. The quantitative estimate of drug-likeness (QED) is 0.499. The summed E-state index contributed by atoms with van der Waals surface area (Å²) in [5.41, 5.74) is 0. The van der Waals surface area contributed by atoms with Crippen LogP contribution in [-0.4, -0.2) is 51.7 Å². The van der Waals surface area contributed by atoms with Crippen LogP contribution in [0.3, 0.4) is 0 Å². The summed E-state index contributed by atoms with van der Waals surface area (Å²) in [4.78, 5) is 21.6. The Bertz CT molecular complexity index is 271. The van der Waals surface area contributed by atoms with Gasteiger partial charge in [-0.25, -0.2) is 0 Å². The van der Waals surface area contributed by atoms with Crippen molar-refractivity contribution in [2.75, 3.05) is 0 Å². The summed E-state index contributed by atoms with van der Waals surface area (Å²) in [6.07, 6.45) is 4.36. The van der Waals surface area contributed by atoms with Crippen LogP contribution in [0, 0.1) is 23.7 Å². The number of hydrogen-bond donors (Lipinski definition) is 2. The third kappa shape index (κ3) is 1.62. The first-order valence-corrected chi connectivity index (χ1v) is 4.25. The van der Waals surface area contributed by atoms with Crippen molar-refractivity contribution in [3.8, 4) is 0 Å². The fourth-order valence-electron chi connectivity index (χ4n) is 2.50. The molecule has 0 aliphatic heterocycles. The molecule has 0 amide bonds. The van der Waals surface area contributed by atoms with Crippen LogP contribution in [0.5, 0.6) is 0 Å². The summed E-state index contributed by atoms with van der Waals surface area (Å²) in [6.45, 7) is 0. The minimum atomic E-state index is -0.982. The van der Waals surface area contributed by atoms with E-state index in [1.54, 1.807) is 0 Å². The molecule has 1 fully saturated rings. The van der Waals surface area contributed by atoms with E-state index in [4.69, 9.17) is 10.2 Å². The molecule has 4 nitrogen and oxygen atoms in total. The second-order valence-electron chi connectivity index (χ2n) is 3.68. The normalized spacial score (nSPS) is 38.0. The van der Waals surface area contributed by atoms with Crippen LogP contribution in [-0.2, 0) is 9.59 Å². The van der Waals surface area contributed by atoms with Gasteiger partial charge in [0.05, 0.1) is 11.8 Å². The number of carboxylic acids is 2. The number of hydrogen-bond acceptors (Lipinski definition) is 2. The molecule has 0 aromatic carbocycles. The van der Waals surface area contributed by atoms with Crippen molar-refractivity contribution < 1.29 is 19.8 Å². The van der Waals surface area contributed by atoms with Gasteiger partial charge in [-0.1, -0.05) is 12.2 Å². The third-order valence-corrected chi connectivity index (χ3v) is 3.03. The second kappa shape index (κ2) is 4.04. The van der Waals surface area contributed by atoms with E-state index in [0.29, 0.717) is 6.42 Å². The van der Waals surface area contributed by atoms with Gasteiger partial charge in [0.1, 0.15) is 0 Å². The molecule has 71 valence electrons. The summed E-state index contributed by atoms with van der Waals surface area (Å²) < 4.78 is 0. The summed E-state index contributed by atoms with van der Waals surface area (Å²) >= 11 is 0. The van der Waals surface area contributed by atoms with Crippen LogP contribution in [0.25, 0.3) is 0 Å². The largest absolute Gasteiger partial charge is 0.481 e. The fourth-order valence-corrected chi connectivity index (χ4v) is 2.50. The van der Waals surface area contributed by atoms with Gasteiger partial charge in [-0.3, -0.25) is 9.59 Å². The van der Waals surface area contributed by atoms with Gasteiger partial charge in [0.25, 0.3) is 0 Å². The van der Waals surface area contributed by atoms with E-state index in [1.807, 2.05) is 12.2 Å². The Morgan fingerprint density at radius 3 is 1.64 bits per heavy atom. The maximum absolute atomic E-state index is 10.8. The van der Waals surface area contributed by atoms with Crippen LogP contribution in [0.1, 0.15) is 6.42 Å². The first-order chi connectivity index (χ1) is 6.11. The Labute approximate surface area is 103 Å². The van der Waals surface area contributed by atoms with E-state index in [1.165, 1.54) is 0 Å². The molecule has 2 rings (SSSR count). The summed E-state index contributed by atoms with van der Waals surface area (Å²) in [6, 6.07) is 0. The van der Waals surface area contributed by atoms with Crippen LogP contribution in [0.2, 0.25) is 0 Å². The van der Waals surface area contributed by atoms with Crippen molar-refractivity contribution in [3.63, 3.8) is 0 Å². The van der Waals surface area contributed by atoms with Gasteiger partial charge in [-0.05, 0) is 18.3 Å². The Morgan fingerprint density at radius 2 is 1.36 bits per heavy atom. The number of carbonyl (C=O) groups is 2.